The molecule has 2 aliphatic heterocycles. The van der Waals surface area contributed by atoms with Crippen LogP contribution >= 0.6 is 0 Å². The van der Waals surface area contributed by atoms with Crippen molar-refractivity contribution in [2.24, 2.45) is 5.92 Å². The first-order chi connectivity index (χ1) is 9.87. The maximum Gasteiger partial charge on any atom is 0.410 e. The lowest BCUT2D eigenvalue weighted by atomic mass is 9.89. The fourth-order valence-corrected chi connectivity index (χ4v) is 3.28. The van der Waals surface area contributed by atoms with Crippen LogP contribution in [-0.2, 0) is 4.74 Å². The minimum atomic E-state index is -0.401. The average molecular weight is 297 g/mol. The van der Waals surface area contributed by atoms with Crippen LogP contribution in [-0.4, -0.2) is 66.8 Å². The minimum Gasteiger partial charge on any atom is -0.444 e. The molecule has 2 aliphatic rings. The predicted molar refractivity (Wildman–Crippen MR) is 84.4 cm³/mol. The number of carbonyl (C=O) groups is 1. The Kier molecular flexibility index (Phi) is 5.49. The number of nitrogens with zero attached hydrogens (tertiary/aromatic N) is 2. The van der Waals surface area contributed by atoms with E-state index in [1.54, 1.807) is 0 Å². The summed E-state index contributed by atoms with van der Waals surface area (Å²) < 4.78 is 5.46. The largest absolute Gasteiger partial charge is 0.444 e. The zero-order valence-corrected chi connectivity index (χ0v) is 14.0. The first-order valence-corrected chi connectivity index (χ1v) is 8.29. The van der Waals surface area contributed by atoms with E-state index in [4.69, 9.17) is 4.74 Å². The lowest BCUT2D eigenvalue weighted by Crippen LogP contribution is -2.52. The summed E-state index contributed by atoms with van der Waals surface area (Å²) in [5.41, 5.74) is -0.401. The number of rotatable bonds is 2. The molecule has 2 saturated heterocycles. The second-order valence-corrected chi connectivity index (χ2v) is 7.33. The van der Waals surface area contributed by atoms with Gasteiger partial charge in [-0.2, -0.15) is 0 Å². The van der Waals surface area contributed by atoms with Gasteiger partial charge in [0.1, 0.15) is 5.60 Å². The number of ether oxygens (including phenoxy) is 1. The highest BCUT2D eigenvalue weighted by Gasteiger charge is 2.31. The zero-order chi connectivity index (χ0) is 15.5. The van der Waals surface area contributed by atoms with Gasteiger partial charge >= 0.3 is 6.09 Å². The summed E-state index contributed by atoms with van der Waals surface area (Å²) in [5.74, 6) is 0.696. The van der Waals surface area contributed by atoms with E-state index < -0.39 is 5.60 Å². The second-order valence-electron chi connectivity index (χ2n) is 7.33. The second kappa shape index (κ2) is 6.97. The number of hydrogen-bond donors (Lipinski definition) is 1. The van der Waals surface area contributed by atoms with Gasteiger partial charge < -0.3 is 15.0 Å². The molecule has 122 valence electrons. The molecule has 0 radical (unpaired) electrons. The molecule has 2 fully saturated rings. The molecule has 2 rings (SSSR count). The standard InChI is InChI=1S/C16H31N3O2/c1-13(18-11-7-17-8-12-18)14-5-9-19(10-6-14)15(20)21-16(2,3)4/h13-14,17H,5-12H2,1-4H3. The van der Waals surface area contributed by atoms with Crippen LogP contribution in [0.3, 0.4) is 0 Å². The Bertz CT molecular complexity index is 340. The van der Waals surface area contributed by atoms with Gasteiger partial charge in [0.05, 0.1) is 0 Å². The monoisotopic (exact) mass is 297 g/mol. The van der Waals surface area contributed by atoms with Crippen LogP contribution in [0.25, 0.3) is 0 Å². The molecule has 0 aromatic rings. The number of likely N-dealkylation sites (tertiary alicyclic amines) is 1. The number of nitrogens with one attached hydrogen (secondary N) is 1. The van der Waals surface area contributed by atoms with Gasteiger partial charge in [0, 0.05) is 45.3 Å². The molecule has 1 N–H and O–H groups in total. The number of hydrogen-bond acceptors (Lipinski definition) is 4. The Morgan fingerprint density at radius 2 is 1.71 bits per heavy atom. The molecule has 0 aliphatic carbocycles. The van der Waals surface area contributed by atoms with Gasteiger partial charge in [-0.1, -0.05) is 0 Å². The predicted octanol–water partition coefficient (Wildman–Crippen LogP) is 1.93. The Hall–Kier alpha value is -0.810. The quantitative estimate of drug-likeness (QED) is 0.846. The van der Waals surface area contributed by atoms with Crippen LogP contribution in [0.1, 0.15) is 40.5 Å². The van der Waals surface area contributed by atoms with E-state index in [1.807, 2.05) is 25.7 Å². The Morgan fingerprint density at radius 3 is 2.24 bits per heavy atom. The first-order valence-electron chi connectivity index (χ1n) is 8.29. The topological polar surface area (TPSA) is 44.8 Å². The van der Waals surface area contributed by atoms with E-state index in [-0.39, 0.29) is 6.09 Å². The normalized spacial score (nSPS) is 23.9. The fourth-order valence-electron chi connectivity index (χ4n) is 3.28. The van der Waals surface area contributed by atoms with Crippen molar-refractivity contribution in [2.75, 3.05) is 39.3 Å². The van der Waals surface area contributed by atoms with Crippen molar-refractivity contribution < 1.29 is 9.53 Å². The smallest absolute Gasteiger partial charge is 0.410 e. The Labute approximate surface area is 129 Å². The Balaban J connectivity index is 1.78. The molecule has 1 unspecified atom stereocenters. The minimum absolute atomic E-state index is 0.157. The summed E-state index contributed by atoms with van der Waals surface area (Å²) in [5, 5.41) is 3.41. The molecule has 2 heterocycles. The molecule has 0 aromatic heterocycles. The van der Waals surface area contributed by atoms with Crippen LogP contribution in [0, 0.1) is 5.92 Å². The molecular formula is C16H31N3O2. The van der Waals surface area contributed by atoms with Gasteiger partial charge in [-0.05, 0) is 46.5 Å². The van der Waals surface area contributed by atoms with E-state index in [9.17, 15) is 4.79 Å². The molecule has 21 heavy (non-hydrogen) atoms. The van der Waals surface area contributed by atoms with E-state index in [0.29, 0.717) is 12.0 Å². The zero-order valence-electron chi connectivity index (χ0n) is 14.0. The highest BCUT2D eigenvalue weighted by atomic mass is 16.6. The van der Waals surface area contributed by atoms with Crippen molar-refractivity contribution in [1.29, 1.82) is 0 Å². The summed E-state index contributed by atoms with van der Waals surface area (Å²) >= 11 is 0. The molecule has 5 nitrogen and oxygen atoms in total. The number of carbonyl (C=O) groups excluding carboxylic acids is 1. The highest BCUT2D eigenvalue weighted by Crippen LogP contribution is 2.25. The van der Waals surface area contributed by atoms with E-state index in [1.165, 1.54) is 0 Å². The molecule has 0 saturated carbocycles. The van der Waals surface area contributed by atoms with Crippen molar-refractivity contribution >= 4 is 6.09 Å². The van der Waals surface area contributed by atoms with Gasteiger partial charge in [0.15, 0.2) is 0 Å². The van der Waals surface area contributed by atoms with E-state index >= 15 is 0 Å². The lowest BCUT2D eigenvalue weighted by Gasteiger charge is -2.41. The summed E-state index contributed by atoms with van der Waals surface area (Å²) in [6.45, 7) is 14.3. The number of piperazine rings is 1. The van der Waals surface area contributed by atoms with Gasteiger partial charge in [-0.3, -0.25) is 4.90 Å². The van der Waals surface area contributed by atoms with Crippen molar-refractivity contribution in [2.45, 2.75) is 52.2 Å². The van der Waals surface area contributed by atoms with Crippen LogP contribution in [0.15, 0.2) is 0 Å². The summed E-state index contributed by atoms with van der Waals surface area (Å²) in [4.78, 5) is 16.5. The van der Waals surface area contributed by atoms with Crippen molar-refractivity contribution in [3.63, 3.8) is 0 Å². The third kappa shape index (κ3) is 4.85. The van der Waals surface area contributed by atoms with Crippen LogP contribution in [0.5, 0.6) is 0 Å². The SMILES string of the molecule is CC(C1CCN(C(=O)OC(C)(C)C)CC1)N1CCNCC1. The van der Waals surface area contributed by atoms with Gasteiger partial charge in [-0.25, -0.2) is 4.79 Å². The lowest BCUT2D eigenvalue weighted by molar-refractivity contribution is 0.0130. The van der Waals surface area contributed by atoms with E-state index in [2.05, 4.69) is 17.1 Å². The highest BCUT2D eigenvalue weighted by molar-refractivity contribution is 5.68. The van der Waals surface area contributed by atoms with Crippen LogP contribution < -0.4 is 5.32 Å². The van der Waals surface area contributed by atoms with Crippen LogP contribution in [0.2, 0.25) is 0 Å². The van der Waals surface area contributed by atoms with Gasteiger partial charge in [-0.15, -0.1) is 0 Å². The first kappa shape index (κ1) is 16.6. The van der Waals surface area contributed by atoms with Crippen molar-refractivity contribution in [3.8, 4) is 0 Å². The van der Waals surface area contributed by atoms with E-state index in [0.717, 1.165) is 52.1 Å². The third-order valence-electron chi connectivity index (χ3n) is 4.60. The molecule has 1 amide bonds. The molecular weight excluding hydrogens is 266 g/mol. The van der Waals surface area contributed by atoms with Crippen LogP contribution in [0.4, 0.5) is 4.79 Å². The maximum absolute atomic E-state index is 12.1. The Morgan fingerprint density at radius 1 is 1.14 bits per heavy atom. The summed E-state index contributed by atoms with van der Waals surface area (Å²) in [6.07, 6.45) is 2.02. The fraction of sp³-hybridized carbons (Fsp3) is 0.938. The molecule has 5 heteroatoms. The molecule has 1 atom stereocenters. The molecule has 0 bridgehead atoms. The molecule has 0 aromatic carbocycles. The third-order valence-corrected chi connectivity index (χ3v) is 4.60. The maximum atomic E-state index is 12.1. The van der Waals surface area contributed by atoms with Gasteiger partial charge in [0.2, 0.25) is 0 Å². The molecule has 0 spiro atoms. The average Bonchev–Trinajstić information content (AvgIpc) is 2.46. The van der Waals surface area contributed by atoms with Gasteiger partial charge in [0.25, 0.3) is 0 Å². The van der Waals surface area contributed by atoms with Crippen molar-refractivity contribution in [1.82, 2.24) is 15.1 Å². The van der Waals surface area contributed by atoms with Crippen molar-refractivity contribution in [3.05, 3.63) is 0 Å². The number of amides is 1. The number of piperidine rings is 1. The summed E-state index contributed by atoms with van der Waals surface area (Å²) in [6, 6.07) is 0.618. The summed E-state index contributed by atoms with van der Waals surface area (Å²) in [7, 11) is 0.